The Morgan fingerprint density at radius 3 is 0.979 bits per heavy atom. The van der Waals surface area contributed by atoms with Crippen LogP contribution in [0.15, 0.2) is 58.6 Å². The molecule has 0 saturated heterocycles. The van der Waals surface area contributed by atoms with Gasteiger partial charge in [0.2, 0.25) is 0 Å². The zero-order valence-corrected chi connectivity index (χ0v) is 66.3. The van der Waals surface area contributed by atoms with Crippen LogP contribution in [0.4, 0.5) is 0 Å². The number of carbonyl (C=O) groups excluding carboxylic acids is 2. The second-order valence-electron chi connectivity index (χ2n) is 28.7. The van der Waals surface area contributed by atoms with Crippen molar-refractivity contribution in [3.8, 4) is 39.0 Å². The summed E-state index contributed by atoms with van der Waals surface area (Å²) in [5.41, 5.74) is 8.48. The summed E-state index contributed by atoms with van der Waals surface area (Å²) >= 11 is 11.1. The fourth-order valence-corrected chi connectivity index (χ4v) is 21.3. The predicted molar refractivity (Wildman–Crippen MR) is 427 cm³/mol. The van der Waals surface area contributed by atoms with Gasteiger partial charge in [-0.3, -0.25) is 9.59 Å². The molecule has 96 heavy (non-hydrogen) atoms. The Morgan fingerprint density at radius 2 is 0.635 bits per heavy atom. The Hall–Kier alpha value is -3.52. The van der Waals surface area contributed by atoms with Crippen molar-refractivity contribution < 1.29 is 9.59 Å². The van der Waals surface area contributed by atoms with Gasteiger partial charge in [-0.2, -0.15) is 0 Å². The molecule has 6 aromatic heterocycles. The second-order valence-corrected chi connectivity index (χ2v) is 34.7. The molecule has 8 heterocycles. The third-order valence-corrected chi connectivity index (χ3v) is 27.5. The molecule has 2 aliphatic rings. The van der Waals surface area contributed by atoms with Crippen LogP contribution < -0.4 is 0 Å². The zero-order valence-electron chi connectivity index (χ0n) is 61.4. The van der Waals surface area contributed by atoms with Gasteiger partial charge in [-0.15, -0.1) is 68.0 Å². The number of hydrogen-bond acceptors (Lipinski definition) is 10. The van der Waals surface area contributed by atoms with E-state index in [-0.39, 0.29) is 11.8 Å². The molecule has 2 aliphatic heterocycles. The molecular formula is C84H126N4O2S6. The molecule has 2 atom stereocenters. The van der Waals surface area contributed by atoms with Crippen molar-refractivity contribution in [3.05, 3.63) is 90.8 Å². The van der Waals surface area contributed by atoms with Crippen molar-refractivity contribution in [1.29, 1.82) is 0 Å². The molecule has 0 bridgehead atoms. The van der Waals surface area contributed by atoms with E-state index in [0.717, 1.165) is 95.4 Å². The summed E-state index contributed by atoms with van der Waals surface area (Å²) in [6.07, 6.45) is 57.6. The standard InChI is InChI=1S/C84H126N4O2S6/c1-9-17-25-33-35-41-47-63(45-37-27-19-11-3)59-87-77(81-85-57-73(95-81)69-55-67(51-43-31-23-15-7)79(93-69)71-53-65(61-91-71)49-39-29-21-13-5)75-76(83(87)89)78(88(84(75)90)60-64(46-38-28-20-12-4)48-42-36-34-26-18-10-2)82-86-58-74(96-82)70-56-68(52-44-32-24-16-8)80(94-70)72-54-66(62-92-72)50-40-30-22-14-6/h53-58,61-64H,9-52,59-60H2,1-8H3. The Balaban J connectivity index is 1.26. The summed E-state index contributed by atoms with van der Waals surface area (Å²) in [6.45, 7) is 19.6. The summed E-state index contributed by atoms with van der Waals surface area (Å²) in [5.74, 6) is 0.588. The maximum Gasteiger partial charge on any atom is 0.261 e. The Morgan fingerprint density at radius 1 is 0.333 bits per heavy atom. The van der Waals surface area contributed by atoms with Gasteiger partial charge >= 0.3 is 0 Å². The van der Waals surface area contributed by atoms with Gasteiger partial charge in [0.15, 0.2) is 0 Å². The first-order valence-electron chi connectivity index (χ1n) is 39.6. The van der Waals surface area contributed by atoms with Crippen molar-refractivity contribution >= 4 is 91.2 Å². The fourth-order valence-electron chi connectivity index (χ4n) is 14.6. The minimum atomic E-state index is -0.0248. The number of nitrogens with zero attached hydrogens (tertiary/aromatic N) is 4. The van der Waals surface area contributed by atoms with Crippen molar-refractivity contribution in [2.75, 3.05) is 13.1 Å². The minimum Gasteiger partial charge on any atom is -0.304 e. The van der Waals surface area contributed by atoms with Crippen molar-refractivity contribution in [2.45, 2.75) is 338 Å². The average molecular weight is 1420 g/mol. The summed E-state index contributed by atoms with van der Waals surface area (Å²) in [4.78, 5) is 58.3. The lowest BCUT2D eigenvalue weighted by atomic mass is 9.93. The Labute approximate surface area is 608 Å². The van der Waals surface area contributed by atoms with Crippen LogP contribution in [0.25, 0.3) is 50.4 Å². The largest absolute Gasteiger partial charge is 0.304 e. The number of carbonyl (C=O) groups is 2. The molecule has 0 fully saturated rings. The van der Waals surface area contributed by atoms with E-state index < -0.39 is 0 Å². The van der Waals surface area contributed by atoms with Crippen molar-refractivity contribution in [3.63, 3.8) is 0 Å². The van der Waals surface area contributed by atoms with Crippen LogP contribution in [0.5, 0.6) is 0 Å². The van der Waals surface area contributed by atoms with Gasteiger partial charge in [0, 0.05) is 54.7 Å². The quantitative estimate of drug-likeness (QED) is 0.0357. The molecule has 2 amide bonds. The average Bonchev–Trinajstić information content (AvgIpc) is 1.55. The second kappa shape index (κ2) is 44.0. The number of rotatable bonds is 54. The predicted octanol–water partition coefficient (Wildman–Crippen LogP) is 28.5. The summed E-state index contributed by atoms with van der Waals surface area (Å²) in [7, 11) is 0. The van der Waals surface area contributed by atoms with E-state index >= 15 is 9.59 Å². The molecule has 0 aliphatic carbocycles. The summed E-state index contributed by atoms with van der Waals surface area (Å²) in [6, 6.07) is 9.91. The lowest BCUT2D eigenvalue weighted by molar-refractivity contribution is -0.124. The first kappa shape index (κ1) is 78.2. The fraction of sp³-hybridized carbons (Fsp3) is 0.667. The maximum absolute atomic E-state index is 16.5. The highest BCUT2D eigenvalue weighted by molar-refractivity contribution is 7.27. The Kier molecular flexibility index (Phi) is 35.8. The molecule has 2 unspecified atom stereocenters. The number of unbranched alkanes of at least 4 members (excludes halogenated alkanes) is 28. The lowest BCUT2D eigenvalue weighted by Crippen LogP contribution is -2.35. The number of aromatic nitrogens is 2. The molecule has 6 nitrogen and oxygen atoms in total. The number of amides is 2. The van der Waals surface area contributed by atoms with E-state index in [0.29, 0.717) is 36.1 Å². The third kappa shape index (κ3) is 23.3. The van der Waals surface area contributed by atoms with Gasteiger partial charge in [-0.25, -0.2) is 9.97 Å². The van der Waals surface area contributed by atoms with E-state index in [1.54, 1.807) is 22.7 Å². The number of thiophene rings is 4. The molecule has 530 valence electrons. The van der Waals surface area contributed by atoms with Crippen LogP contribution in [0, 0.1) is 11.8 Å². The molecular weight excluding hydrogens is 1290 g/mol. The van der Waals surface area contributed by atoms with E-state index in [1.807, 2.05) is 45.3 Å². The van der Waals surface area contributed by atoms with E-state index in [9.17, 15) is 0 Å². The molecule has 0 saturated carbocycles. The monoisotopic (exact) mass is 1410 g/mol. The summed E-state index contributed by atoms with van der Waals surface area (Å²) in [5, 5.41) is 6.41. The highest BCUT2D eigenvalue weighted by Gasteiger charge is 2.51. The normalized spacial score (nSPS) is 14.1. The van der Waals surface area contributed by atoms with Crippen LogP contribution in [-0.4, -0.2) is 44.7 Å². The van der Waals surface area contributed by atoms with Gasteiger partial charge in [0.05, 0.1) is 32.3 Å². The number of aryl methyl sites for hydroxylation is 4. The van der Waals surface area contributed by atoms with Crippen LogP contribution in [0.1, 0.15) is 344 Å². The topological polar surface area (TPSA) is 66.4 Å². The molecule has 0 aromatic carbocycles. The van der Waals surface area contributed by atoms with Crippen LogP contribution >= 0.6 is 68.0 Å². The van der Waals surface area contributed by atoms with Gasteiger partial charge in [-0.1, -0.05) is 261 Å². The minimum absolute atomic E-state index is 0.0248. The SMILES string of the molecule is CCCCCCCCC(CCCCCC)CN1C(=O)C2=C(c3ncc(-c4cc(CCCCCC)c(-c5cc(CCCCCC)cs5)s4)s3)N(CC(CCCCCC)CCCCCCCC)C(=O)C2=C1c1ncc(-c2cc(CCCCCC)c(-c3cc(CCCCCC)cs3)s2)s1. The number of hydrogen-bond donors (Lipinski definition) is 0. The lowest BCUT2D eigenvalue weighted by Gasteiger charge is -2.29. The maximum atomic E-state index is 16.5. The highest BCUT2D eigenvalue weighted by Crippen LogP contribution is 2.52. The van der Waals surface area contributed by atoms with Crippen molar-refractivity contribution in [2.24, 2.45) is 11.8 Å². The highest BCUT2D eigenvalue weighted by atomic mass is 32.1. The molecule has 0 spiro atoms. The first-order valence-corrected chi connectivity index (χ1v) is 44.7. The molecule has 0 radical (unpaired) electrons. The van der Waals surface area contributed by atoms with Gasteiger partial charge in [0.1, 0.15) is 10.0 Å². The molecule has 12 heteroatoms. The van der Waals surface area contributed by atoms with E-state index in [4.69, 9.17) is 9.97 Å². The van der Waals surface area contributed by atoms with Crippen LogP contribution in [-0.2, 0) is 35.3 Å². The van der Waals surface area contributed by atoms with Gasteiger partial charge in [0.25, 0.3) is 11.8 Å². The smallest absolute Gasteiger partial charge is 0.261 e. The van der Waals surface area contributed by atoms with Crippen LogP contribution in [0.3, 0.4) is 0 Å². The number of thiazole rings is 2. The third-order valence-electron chi connectivity index (χ3n) is 20.4. The molecule has 6 aromatic rings. The molecule has 0 N–H and O–H groups in total. The van der Waals surface area contributed by atoms with Gasteiger partial charge < -0.3 is 9.80 Å². The van der Waals surface area contributed by atoms with Crippen LogP contribution in [0.2, 0.25) is 0 Å². The van der Waals surface area contributed by atoms with Gasteiger partial charge in [-0.05, 0) is 146 Å². The Bertz CT molecular complexity index is 3040. The molecule has 8 rings (SSSR count). The first-order chi connectivity index (χ1) is 47.2. The summed E-state index contributed by atoms with van der Waals surface area (Å²) < 4.78 is 0. The van der Waals surface area contributed by atoms with Crippen molar-refractivity contribution in [1.82, 2.24) is 19.8 Å². The van der Waals surface area contributed by atoms with E-state index in [2.05, 4.69) is 113 Å². The van der Waals surface area contributed by atoms with E-state index in [1.165, 1.54) is 270 Å². The number of fused-ring (bicyclic) bond motifs is 1. The zero-order chi connectivity index (χ0) is 67.7.